The Morgan fingerprint density at radius 3 is 2.63 bits per heavy atom. The SMILES string of the molecule is O=Cc1ccc(Oc2cccc(Br)c2)c([N+](=O)[O-])c1. The van der Waals surface area contributed by atoms with E-state index in [1.807, 2.05) is 6.07 Å². The molecule has 0 fully saturated rings. The van der Waals surface area contributed by atoms with E-state index in [-0.39, 0.29) is 17.0 Å². The summed E-state index contributed by atoms with van der Waals surface area (Å²) in [5, 5.41) is 10.9. The summed E-state index contributed by atoms with van der Waals surface area (Å²) >= 11 is 3.29. The first-order valence-electron chi connectivity index (χ1n) is 5.27. The molecule has 0 N–H and O–H groups in total. The fourth-order valence-corrected chi connectivity index (χ4v) is 1.87. The first-order chi connectivity index (χ1) is 9.10. The Bertz CT molecular complexity index is 642. The number of carbonyl (C=O) groups is 1. The van der Waals surface area contributed by atoms with Crippen molar-refractivity contribution in [1.82, 2.24) is 0 Å². The zero-order chi connectivity index (χ0) is 13.8. The van der Waals surface area contributed by atoms with E-state index in [1.165, 1.54) is 18.2 Å². The van der Waals surface area contributed by atoms with E-state index in [0.29, 0.717) is 12.0 Å². The Kier molecular flexibility index (Phi) is 3.91. The van der Waals surface area contributed by atoms with Crippen LogP contribution >= 0.6 is 15.9 Å². The number of benzene rings is 2. The predicted octanol–water partition coefficient (Wildman–Crippen LogP) is 3.96. The van der Waals surface area contributed by atoms with Crippen LogP contribution in [0.4, 0.5) is 5.69 Å². The van der Waals surface area contributed by atoms with Gasteiger partial charge in [-0.05, 0) is 30.3 Å². The molecule has 0 heterocycles. The van der Waals surface area contributed by atoms with Crippen LogP contribution in [0.2, 0.25) is 0 Å². The number of aldehydes is 1. The van der Waals surface area contributed by atoms with Gasteiger partial charge in [0.1, 0.15) is 12.0 Å². The number of hydrogen-bond donors (Lipinski definition) is 0. The van der Waals surface area contributed by atoms with Crippen LogP contribution in [0.1, 0.15) is 10.4 Å². The van der Waals surface area contributed by atoms with E-state index in [0.717, 1.165) is 4.47 Å². The summed E-state index contributed by atoms with van der Waals surface area (Å²) in [6.45, 7) is 0. The molecule has 0 saturated heterocycles. The molecule has 2 rings (SSSR count). The number of nitro benzene ring substituents is 1. The molecule has 2 aromatic rings. The second-order valence-corrected chi connectivity index (χ2v) is 4.58. The molecule has 0 radical (unpaired) electrons. The van der Waals surface area contributed by atoms with Crippen molar-refractivity contribution in [2.24, 2.45) is 0 Å². The molecule has 5 nitrogen and oxygen atoms in total. The Morgan fingerprint density at radius 2 is 2.00 bits per heavy atom. The highest BCUT2D eigenvalue weighted by molar-refractivity contribution is 9.10. The molecule has 96 valence electrons. The Hall–Kier alpha value is -2.21. The second kappa shape index (κ2) is 5.62. The minimum atomic E-state index is -0.583. The van der Waals surface area contributed by atoms with E-state index in [4.69, 9.17) is 4.74 Å². The predicted molar refractivity (Wildman–Crippen MR) is 72.7 cm³/mol. The standard InChI is InChI=1S/C13H8BrNO4/c14-10-2-1-3-11(7-10)19-13-5-4-9(8-16)6-12(13)15(17)18/h1-8H. The van der Waals surface area contributed by atoms with Crippen LogP contribution in [-0.4, -0.2) is 11.2 Å². The van der Waals surface area contributed by atoms with Gasteiger partial charge in [-0.1, -0.05) is 22.0 Å². The van der Waals surface area contributed by atoms with Crippen molar-refractivity contribution < 1.29 is 14.5 Å². The average Bonchev–Trinajstić information content (AvgIpc) is 2.39. The van der Waals surface area contributed by atoms with E-state index in [1.54, 1.807) is 18.2 Å². The number of nitrogens with zero attached hydrogens (tertiary/aromatic N) is 1. The summed E-state index contributed by atoms with van der Waals surface area (Å²) in [4.78, 5) is 21.0. The third-order valence-electron chi connectivity index (χ3n) is 2.34. The first-order valence-corrected chi connectivity index (χ1v) is 6.06. The lowest BCUT2D eigenvalue weighted by molar-refractivity contribution is -0.385. The number of rotatable bonds is 4. The van der Waals surface area contributed by atoms with E-state index in [9.17, 15) is 14.9 Å². The van der Waals surface area contributed by atoms with Crippen LogP contribution in [-0.2, 0) is 0 Å². The molecular formula is C13H8BrNO4. The van der Waals surface area contributed by atoms with Crippen LogP contribution in [0.15, 0.2) is 46.9 Å². The van der Waals surface area contributed by atoms with Gasteiger partial charge < -0.3 is 4.74 Å². The molecule has 0 saturated carbocycles. The summed E-state index contributed by atoms with van der Waals surface area (Å²) in [7, 11) is 0. The average molecular weight is 322 g/mol. The van der Waals surface area contributed by atoms with Crippen molar-refractivity contribution in [3.8, 4) is 11.5 Å². The number of ether oxygens (including phenoxy) is 1. The summed E-state index contributed by atoms with van der Waals surface area (Å²) in [6.07, 6.45) is 0.551. The van der Waals surface area contributed by atoms with Crippen LogP contribution < -0.4 is 4.74 Å². The maximum Gasteiger partial charge on any atom is 0.312 e. The number of hydrogen-bond acceptors (Lipinski definition) is 4. The molecule has 0 aliphatic heterocycles. The highest BCUT2D eigenvalue weighted by Crippen LogP contribution is 2.32. The van der Waals surface area contributed by atoms with Gasteiger partial charge in [-0.15, -0.1) is 0 Å². The van der Waals surface area contributed by atoms with Gasteiger partial charge in [0.2, 0.25) is 5.75 Å². The monoisotopic (exact) mass is 321 g/mol. The maximum atomic E-state index is 10.9. The van der Waals surface area contributed by atoms with Crippen molar-refractivity contribution in [2.75, 3.05) is 0 Å². The fourth-order valence-electron chi connectivity index (χ4n) is 1.49. The van der Waals surface area contributed by atoms with E-state index >= 15 is 0 Å². The first kappa shape index (κ1) is 13.2. The Balaban J connectivity index is 2.39. The lowest BCUT2D eigenvalue weighted by Crippen LogP contribution is -1.95. The molecule has 0 unspecified atom stereocenters. The van der Waals surface area contributed by atoms with Gasteiger partial charge in [-0.3, -0.25) is 14.9 Å². The summed E-state index contributed by atoms with van der Waals surface area (Å²) in [5.74, 6) is 0.560. The molecule has 6 heteroatoms. The van der Waals surface area contributed by atoms with Crippen LogP contribution in [0.3, 0.4) is 0 Å². The van der Waals surface area contributed by atoms with Gasteiger partial charge in [0.05, 0.1) is 4.92 Å². The van der Waals surface area contributed by atoms with Gasteiger partial charge in [0.15, 0.2) is 0 Å². The molecule has 0 aliphatic rings. The molecule has 0 bridgehead atoms. The number of nitro groups is 1. The maximum absolute atomic E-state index is 10.9. The molecule has 0 aliphatic carbocycles. The summed E-state index contributed by atoms with van der Waals surface area (Å²) in [6, 6.07) is 11.0. The van der Waals surface area contributed by atoms with Crippen molar-refractivity contribution in [1.29, 1.82) is 0 Å². The molecule has 2 aromatic carbocycles. The van der Waals surface area contributed by atoms with Crippen molar-refractivity contribution in [3.05, 3.63) is 62.6 Å². The molecule has 0 spiro atoms. The van der Waals surface area contributed by atoms with E-state index in [2.05, 4.69) is 15.9 Å². The molecule has 19 heavy (non-hydrogen) atoms. The van der Waals surface area contributed by atoms with Crippen LogP contribution in [0, 0.1) is 10.1 Å². The quantitative estimate of drug-likeness (QED) is 0.485. The summed E-state index contributed by atoms with van der Waals surface area (Å²) in [5.41, 5.74) is -0.0159. The zero-order valence-electron chi connectivity index (χ0n) is 9.58. The largest absolute Gasteiger partial charge is 0.450 e. The topological polar surface area (TPSA) is 69.4 Å². The number of halogens is 1. The van der Waals surface area contributed by atoms with Gasteiger partial charge in [-0.2, -0.15) is 0 Å². The molecule has 0 atom stereocenters. The van der Waals surface area contributed by atoms with Crippen LogP contribution in [0.25, 0.3) is 0 Å². The third kappa shape index (κ3) is 3.17. The highest BCUT2D eigenvalue weighted by Gasteiger charge is 2.16. The van der Waals surface area contributed by atoms with Gasteiger partial charge in [-0.25, -0.2) is 0 Å². The van der Waals surface area contributed by atoms with Crippen molar-refractivity contribution in [2.45, 2.75) is 0 Å². The van der Waals surface area contributed by atoms with Gasteiger partial charge in [0, 0.05) is 16.1 Å². The minimum absolute atomic E-state index is 0.0914. The number of carbonyl (C=O) groups excluding carboxylic acids is 1. The normalized spacial score (nSPS) is 9.95. The Morgan fingerprint density at radius 1 is 1.21 bits per heavy atom. The summed E-state index contributed by atoms with van der Waals surface area (Å²) < 4.78 is 6.27. The zero-order valence-corrected chi connectivity index (χ0v) is 11.2. The minimum Gasteiger partial charge on any atom is -0.450 e. The van der Waals surface area contributed by atoms with Gasteiger partial charge in [0.25, 0.3) is 0 Å². The van der Waals surface area contributed by atoms with Crippen molar-refractivity contribution in [3.63, 3.8) is 0 Å². The fraction of sp³-hybridized carbons (Fsp3) is 0. The molecule has 0 aromatic heterocycles. The Labute approximate surface area is 117 Å². The molecular weight excluding hydrogens is 314 g/mol. The molecule has 0 amide bonds. The highest BCUT2D eigenvalue weighted by atomic mass is 79.9. The van der Waals surface area contributed by atoms with Gasteiger partial charge >= 0.3 is 5.69 Å². The van der Waals surface area contributed by atoms with E-state index < -0.39 is 4.92 Å². The smallest absolute Gasteiger partial charge is 0.312 e. The lowest BCUT2D eigenvalue weighted by atomic mass is 10.2. The third-order valence-corrected chi connectivity index (χ3v) is 2.83. The second-order valence-electron chi connectivity index (χ2n) is 3.66. The lowest BCUT2D eigenvalue weighted by Gasteiger charge is -2.06. The van der Waals surface area contributed by atoms with Crippen LogP contribution in [0.5, 0.6) is 11.5 Å². The van der Waals surface area contributed by atoms with Crippen molar-refractivity contribution >= 4 is 27.9 Å².